The van der Waals surface area contributed by atoms with Crippen molar-refractivity contribution < 1.29 is 29.4 Å². The molecule has 0 heterocycles. The Morgan fingerprint density at radius 1 is 0.926 bits per heavy atom. The lowest BCUT2D eigenvalue weighted by molar-refractivity contribution is -0.875. The van der Waals surface area contributed by atoms with E-state index in [-0.39, 0.29) is 17.4 Å². The summed E-state index contributed by atoms with van der Waals surface area (Å²) in [5, 5.41) is 31.7. The highest BCUT2D eigenvalue weighted by molar-refractivity contribution is 5.93. The van der Waals surface area contributed by atoms with Gasteiger partial charge in [-0.2, -0.15) is 0 Å². The summed E-state index contributed by atoms with van der Waals surface area (Å²) in [5.74, 6) is -2.30. The first-order chi connectivity index (χ1) is 12.5. The van der Waals surface area contributed by atoms with Crippen molar-refractivity contribution in [3.8, 4) is 0 Å². The molecular formula is C21H41NO5. The minimum absolute atomic E-state index is 0.0884. The number of aliphatic carboxylic acids is 1. The number of carboxylic acid groups (broad SMARTS) is 1. The van der Waals surface area contributed by atoms with E-state index in [9.17, 15) is 24.9 Å². The number of aliphatic hydroxyl groups excluding tert-OH is 1. The minimum atomic E-state index is -2.10. The predicted octanol–water partition coefficient (Wildman–Crippen LogP) is 1.80. The number of nitrogens with zero attached hydrogens (tertiary/aromatic N) is 1. The van der Waals surface area contributed by atoms with Gasteiger partial charge in [-0.1, -0.05) is 71.1 Å². The number of hydrogen-bond donors (Lipinski definition) is 2. The lowest BCUT2D eigenvalue weighted by atomic mass is 9.88. The van der Waals surface area contributed by atoms with Crippen molar-refractivity contribution in [2.75, 3.05) is 27.7 Å². The normalized spacial score (nSPS) is 15.3. The number of ketones is 1. The van der Waals surface area contributed by atoms with Crippen molar-refractivity contribution in [1.29, 1.82) is 0 Å². The first kappa shape index (κ1) is 26.0. The van der Waals surface area contributed by atoms with Crippen LogP contribution in [0.1, 0.15) is 84.0 Å². The lowest BCUT2D eigenvalue weighted by Crippen LogP contribution is -2.58. The highest BCUT2D eigenvalue weighted by Crippen LogP contribution is 2.20. The van der Waals surface area contributed by atoms with Gasteiger partial charge in [0.1, 0.15) is 12.6 Å². The molecule has 160 valence electrons. The van der Waals surface area contributed by atoms with Crippen LogP contribution < -0.4 is 5.11 Å². The number of hydrogen-bond acceptors (Lipinski definition) is 5. The molecule has 0 radical (unpaired) electrons. The van der Waals surface area contributed by atoms with E-state index < -0.39 is 29.9 Å². The van der Waals surface area contributed by atoms with E-state index in [0.717, 1.165) is 19.3 Å². The van der Waals surface area contributed by atoms with Crippen LogP contribution in [0.2, 0.25) is 0 Å². The monoisotopic (exact) mass is 387 g/mol. The highest BCUT2D eigenvalue weighted by Gasteiger charge is 2.43. The van der Waals surface area contributed by atoms with Crippen molar-refractivity contribution in [1.82, 2.24) is 0 Å². The largest absolute Gasteiger partial charge is 0.550 e. The zero-order valence-corrected chi connectivity index (χ0v) is 17.8. The molecule has 0 saturated carbocycles. The molecule has 0 aromatic carbocycles. The number of carbonyl (C=O) groups is 2. The molecule has 0 rings (SSSR count). The number of unbranched alkanes of at least 4 members (excludes halogenated alkanes) is 9. The number of Topliss-reactive ketones (excluding diaryl/α,β-unsaturated/α-hetero) is 1. The number of aliphatic hydroxyl groups is 2. The third-order valence-electron chi connectivity index (χ3n) is 4.77. The Morgan fingerprint density at radius 2 is 1.37 bits per heavy atom. The Bertz CT molecular complexity index is 433. The van der Waals surface area contributed by atoms with Crippen LogP contribution in [-0.4, -0.2) is 65.8 Å². The van der Waals surface area contributed by atoms with E-state index >= 15 is 0 Å². The Labute approximate surface area is 165 Å². The molecule has 0 aliphatic rings. The second-order valence-electron chi connectivity index (χ2n) is 8.88. The average molecular weight is 388 g/mol. The molecule has 2 unspecified atom stereocenters. The Kier molecular flexibility index (Phi) is 12.8. The van der Waals surface area contributed by atoms with Crippen LogP contribution in [0.5, 0.6) is 0 Å². The summed E-state index contributed by atoms with van der Waals surface area (Å²) < 4.78 is 0.209. The van der Waals surface area contributed by atoms with Gasteiger partial charge in [0.05, 0.1) is 21.1 Å². The highest BCUT2D eigenvalue weighted by atomic mass is 16.4. The van der Waals surface area contributed by atoms with Crippen molar-refractivity contribution in [3.05, 3.63) is 0 Å². The van der Waals surface area contributed by atoms with Crippen LogP contribution in [0.4, 0.5) is 0 Å². The van der Waals surface area contributed by atoms with E-state index in [1.165, 1.54) is 38.5 Å². The van der Waals surface area contributed by atoms with Crippen molar-refractivity contribution in [2.45, 2.75) is 95.7 Å². The zero-order chi connectivity index (χ0) is 20.9. The fourth-order valence-electron chi connectivity index (χ4n) is 3.51. The second-order valence-corrected chi connectivity index (χ2v) is 8.88. The first-order valence-corrected chi connectivity index (χ1v) is 10.5. The van der Waals surface area contributed by atoms with E-state index in [2.05, 4.69) is 6.92 Å². The summed E-state index contributed by atoms with van der Waals surface area (Å²) in [6.07, 6.45) is 9.62. The molecule has 6 nitrogen and oxygen atoms in total. The number of carboxylic acids is 1. The summed E-state index contributed by atoms with van der Waals surface area (Å²) in [6, 6.07) is 0. The molecule has 0 aliphatic heterocycles. The minimum Gasteiger partial charge on any atom is -0.550 e. The fourth-order valence-corrected chi connectivity index (χ4v) is 3.51. The van der Waals surface area contributed by atoms with Crippen molar-refractivity contribution in [3.63, 3.8) is 0 Å². The molecule has 0 bridgehead atoms. The Hall–Kier alpha value is -0.980. The van der Waals surface area contributed by atoms with Gasteiger partial charge in [0.25, 0.3) is 0 Å². The molecule has 0 aromatic heterocycles. The molecule has 6 heteroatoms. The van der Waals surface area contributed by atoms with Gasteiger partial charge < -0.3 is 24.6 Å². The zero-order valence-electron chi connectivity index (χ0n) is 17.8. The van der Waals surface area contributed by atoms with Gasteiger partial charge in [-0.3, -0.25) is 4.79 Å². The van der Waals surface area contributed by atoms with E-state index in [4.69, 9.17) is 0 Å². The summed E-state index contributed by atoms with van der Waals surface area (Å²) >= 11 is 0. The van der Waals surface area contributed by atoms with E-state index in [1.807, 2.05) is 0 Å². The van der Waals surface area contributed by atoms with Crippen LogP contribution in [0, 0.1) is 0 Å². The summed E-state index contributed by atoms with van der Waals surface area (Å²) in [7, 11) is 5.26. The standard InChI is InChI=1S/C21H41NO5/c1-5-6-7-8-9-10-11-12-13-14-15-18(23)20(26)21(27,16-19(24)25)17-22(2,3)4/h18,23,27H,5-17H2,1-4H3. The predicted molar refractivity (Wildman–Crippen MR) is 105 cm³/mol. The van der Waals surface area contributed by atoms with E-state index in [1.54, 1.807) is 21.1 Å². The second kappa shape index (κ2) is 13.2. The quantitative estimate of drug-likeness (QED) is 0.293. The van der Waals surface area contributed by atoms with Gasteiger partial charge in [-0.25, -0.2) is 0 Å². The smallest absolute Gasteiger partial charge is 0.198 e. The summed E-state index contributed by atoms with van der Waals surface area (Å²) in [5.41, 5.74) is -2.10. The maximum Gasteiger partial charge on any atom is 0.198 e. The molecule has 27 heavy (non-hydrogen) atoms. The molecule has 0 amide bonds. The maximum atomic E-state index is 12.5. The molecule has 2 atom stereocenters. The Morgan fingerprint density at radius 3 is 1.78 bits per heavy atom. The lowest BCUT2D eigenvalue weighted by Gasteiger charge is -2.35. The number of carbonyl (C=O) groups excluding carboxylic acids is 2. The van der Waals surface area contributed by atoms with Crippen LogP contribution in [-0.2, 0) is 9.59 Å². The van der Waals surface area contributed by atoms with Gasteiger partial charge >= 0.3 is 0 Å². The maximum absolute atomic E-state index is 12.5. The third kappa shape index (κ3) is 12.9. The van der Waals surface area contributed by atoms with Gasteiger partial charge in [-0.05, 0) is 6.42 Å². The Balaban J connectivity index is 4.21. The molecule has 0 saturated heterocycles. The van der Waals surface area contributed by atoms with Crippen LogP contribution in [0.15, 0.2) is 0 Å². The SMILES string of the molecule is CCCCCCCCCCCCC(O)C(=O)C(O)(CC(=O)[O-])C[N+](C)(C)C. The van der Waals surface area contributed by atoms with Gasteiger partial charge in [0, 0.05) is 12.4 Å². The molecular weight excluding hydrogens is 346 g/mol. The molecule has 0 aromatic rings. The van der Waals surface area contributed by atoms with Gasteiger partial charge in [0.15, 0.2) is 11.4 Å². The van der Waals surface area contributed by atoms with Gasteiger partial charge in [-0.15, -0.1) is 0 Å². The van der Waals surface area contributed by atoms with Gasteiger partial charge in [0.2, 0.25) is 0 Å². The topological polar surface area (TPSA) is 97.7 Å². The van der Waals surface area contributed by atoms with Crippen LogP contribution in [0.3, 0.4) is 0 Å². The first-order valence-electron chi connectivity index (χ1n) is 10.5. The van der Waals surface area contributed by atoms with Crippen molar-refractivity contribution >= 4 is 11.8 Å². The summed E-state index contributed by atoms with van der Waals surface area (Å²) in [6.45, 7) is 2.12. The number of rotatable bonds is 17. The van der Waals surface area contributed by atoms with Crippen LogP contribution in [0.25, 0.3) is 0 Å². The number of quaternary nitrogens is 1. The molecule has 0 spiro atoms. The third-order valence-corrected chi connectivity index (χ3v) is 4.77. The van der Waals surface area contributed by atoms with Crippen molar-refractivity contribution in [2.24, 2.45) is 0 Å². The molecule has 2 N–H and O–H groups in total. The average Bonchev–Trinajstić information content (AvgIpc) is 2.53. The number of likely N-dealkylation sites (N-methyl/N-ethyl adjacent to an activating group) is 1. The molecule has 0 aliphatic carbocycles. The summed E-state index contributed by atoms with van der Waals surface area (Å²) in [4.78, 5) is 23.4. The van der Waals surface area contributed by atoms with E-state index in [0.29, 0.717) is 6.42 Å². The molecule has 0 fully saturated rings. The fraction of sp³-hybridized carbons (Fsp3) is 0.905. The van der Waals surface area contributed by atoms with Crippen LogP contribution >= 0.6 is 0 Å².